The summed E-state index contributed by atoms with van der Waals surface area (Å²) in [4.78, 5) is 11.9. The molecule has 0 radical (unpaired) electrons. The first-order valence-corrected chi connectivity index (χ1v) is 8.79. The van der Waals surface area contributed by atoms with Crippen LogP contribution in [0.5, 0.6) is 11.5 Å². The maximum atomic E-state index is 11.9. The van der Waals surface area contributed by atoms with Crippen LogP contribution in [0.25, 0.3) is 6.08 Å². The van der Waals surface area contributed by atoms with Crippen molar-refractivity contribution in [3.8, 4) is 17.6 Å². The van der Waals surface area contributed by atoms with E-state index in [4.69, 9.17) is 38.6 Å². The number of rotatable bonds is 6. The van der Waals surface area contributed by atoms with Gasteiger partial charge in [-0.2, -0.15) is 5.26 Å². The van der Waals surface area contributed by atoms with E-state index in [9.17, 15) is 4.79 Å². The zero-order valence-electron chi connectivity index (χ0n) is 14.9. The Bertz CT molecular complexity index is 910. The summed E-state index contributed by atoms with van der Waals surface area (Å²) in [6.07, 6.45) is 2.94. The average Bonchev–Trinajstić information content (AvgIpc) is 2.71. The molecule has 0 aromatic heterocycles. The molecule has 0 spiro atoms. The van der Waals surface area contributed by atoms with Gasteiger partial charge in [-0.1, -0.05) is 17.7 Å². The smallest absolute Gasteiger partial charge is 0.262 e. The lowest BCUT2D eigenvalue weighted by atomic mass is 10.2. The fourth-order valence-electron chi connectivity index (χ4n) is 2.04. The maximum absolute atomic E-state index is 11.9. The van der Waals surface area contributed by atoms with Crippen molar-refractivity contribution in [3.63, 3.8) is 0 Å². The van der Waals surface area contributed by atoms with Crippen LogP contribution in [0.4, 0.5) is 5.69 Å². The highest BCUT2D eigenvalue weighted by Crippen LogP contribution is 2.28. The van der Waals surface area contributed by atoms with E-state index in [0.717, 1.165) is 11.3 Å². The van der Waals surface area contributed by atoms with Crippen LogP contribution in [-0.2, 0) is 4.79 Å². The van der Waals surface area contributed by atoms with Crippen LogP contribution in [0.2, 0.25) is 5.02 Å². The molecule has 0 aliphatic carbocycles. The molecule has 0 atom stereocenters. The summed E-state index contributed by atoms with van der Waals surface area (Å²) < 4.78 is 10.5. The molecule has 2 aromatic rings. The lowest BCUT2D eigenvalue weighted by Crippen LogP contribution is -2.43. The molecule has 1 amide bonds. The highest BCUT2D eigenvalue weighted by atomic mass is 35.5. The van der Waals surface area contributed by atoms with Crippen molar-refractivity contribution in [3.05, 3.63) is 59.1 Å². The molecule has 0 aliphatic rings. The predicted octanol–water partition coefficient (Wildman–Crippen LogP) is 3.28. The number of hydrazine groups is 1. The molecule has 3 N–H and O–H groups in total. The number of nitrogens with zero attached hydrogens (tertiary/aromatic N) is 1. The number of halogens is 1. The molecule has 0 unspecified atom stereocenters. The van der Waals surface area contributed by atoms with E-state index in [-0.39, 0.29) is 11.7 Å². The summed E-state index contributed by atoms with van der Waals surface area (Å²) in [6, 6.07) is 13.9. The number of hydrogen-bond acceptors (Lipinski definition) is 5. The molecule has 0 saturated heterocycles. The fourth-order valence-corrected chi connectivity index (χ4v) is 2.34. The zero-order valence-corrected chi connectivity index (χ0v) is 16.4. The van der Waals surface area contributed by atoms with Gasteiger partial charge in [0, 0.05) is 16.8 Å². The number of amides is 1. The maximum Gasteiger partial charge on any atom is 0.262 e. The van der Waals surface area contributed by atoms with E-state index in [1.165, 1.54) is 13.2 Å². The first-order valence-electron chi connectivity index (χ1n) is 8.00. The Morgan fingerprint density at radius 2 is 1.96 bits per heavy atom. The summed E-state index contributed by atoms with van der Waals surface area (Å²) >= 11 is 10.9. The Morgan fingerprint density at radius 1 is 1.21 bits per heavy atom. The second-order valence-electron chi connectivity index (χ2n) is 5.27. The molecule has 28 heavy (non-hydrogen) atoms. The van der Waals surface area contributed by atoms with E-state index in [1.54, 1.807) is 48.5 Å². The van der Waals surface area contributed by atoms with Gasteiger partial charge in [0.1, 0.15) is 6.07 Å². The zero-order chi connectivity index (χ0) is 20.4. The molecule has 0 aliphatic heterocycles. The summed E-state index contributed by atoms with van der Waals surface area (Å²) in [7, 11) is 1.49. The van der Waals surface area contributed by atoms with Crippen LogP contribution in [0.15, 0.2) is 48.5 Å². The van der Waals surface area contributed by atoms with Crippen molar-refractivity contribution in [2.24, 2.45) is 0 Å². The second-order valence-corrected chi connectivity index (χ2v) is 6.11. The summed E-state index contributed by atoms with van der Waals surface area (Å²) in [6.45, 7) is -0.0798. The SMILES string of the molecule is COc1cc(/C=C/C(=O)NNC(=S)Nc2ccc(Cl)cc2)ccc1OCC#N. The number of anilines is 1. The number of methoxy groups -OCH3 is 1. The minimum Gasteiger partial charge on any atom is -0.493 e. The average molecular weight is 417 g/mol. The number of carbonyl (C=O) groups is 1. The van der Waals surface area contributed by atoms with Crippen molar-refractivity contribution in [2.75, 3.05) is 19.0 Å². The quantitative estimate of drug-likeness (QED) is 0.378. The van der Waals surface area contributed by atoms with Gasteiger partial charge in [-0.15, -0.1) is 0 Å². The monoisotopic (exact) mass is 416 g/mol. The van der Waals surface area contributed by atoms with E-state index in [0.29, 0.717) is 16.5 Å². The molecular weight excluding hydrogens is 400 g/mol. The molecule has 0 bridgehead atoms. The fraction of sp³-hybridized carbons (Fsp3) is 0.105. The van der Waals surface area contributed by atoms with Crippen molar-refractivity contribution < 1.29 is 14.3 Å². The van der Waals surface area contributed by atoms with E-state index < -0.39 is 5.91 Å². The van der Waals surface area contributed by atoms with Crippen LogP contribution in [0.1, 0.15) is 5.56 Å². The predicted molar refractivity (Wildman–Crippen MR) is 112 cm³/mol. The van der Waals surface area contributed by atoms with Gasteiger partial charge in [0.05, 0.1) is 7.11 Å². The van der Waals surface area contributed by atoms with Crippen molar-refractivity contribution in [1.29, 1.82) is 5.26 Å². The molecule has 2 aromatic carbocycles. The van der Waals surface area contributed by atoms with Crippen molar-refractivity contribution in [2.45, 2.75) is 0 Å². The van der Waals surface area contributed by atoms with Gasteiger partial charge < -0.3 is 14.8 Å². The molecule has 0 saturated carbocycles. The van der Waals surface area contributed by atoms with Gasteiger partial charge >= 0.3 is 0 Å². The lowest BCUT2D eigenvalue weighted by molar-refractivity contribution is -0.116. The van der Waals surface area contributed by atoms with E-state index >= 15 is 0 Å². The van der Waals surface area contributed by atoms with Gasteiger partial charge in [-0.05, 0) is 60.3 Å². The number of nitriles is 1. The van der Waals surface area contributed by atoms with E-state index in [2.05, 4.69) is 16.2 Å². The third kappa shape index (κ3) is 6.79. The topological polar surface area (TPSA) is 95.4 Å². The molecule has 0 heterocycles. The summed E-state index contributed by atoms with van der Waals surface area (Å²) in [5.41, 5.74) is 6.51. The minimum atomic E-state index is -0.399. The number of hydrogen-bond donors (Lipinski definition) is 3. The van der Waals surface area contributed by atoms with Crippen molar-refractivity contribution in [1.82, 2.24) is 10.9 Å². The Morgan fingerprint density at radius 3 is 2.64 bits per heavy atom. The van der Waals surface area contributed by atoms with Gasteiger partial charge in [0.25, 0.3) is 5.91 Å². The van der Waals surface area contributed by atoms with Crippen LogP contribution < -0.4 is 25.6 Å². The third-order valence-corrected chi connectivity index (χ3v) is 3.76. The Balaban J connectivity index is 1.86. The van der Waals surface area contributed by atoms with Gasteiger partial charge in [-0.3, -0.25) is 15.6 Å². The Kier molecular flexibility index (Phi) is 8.09. The molecule has 9 heteroatoms. The van der Waals surface area contributed by atoms with Gasteiger partial charge in [0.2, 0.25) is 0 Å². The summed E-state index contributed by atoms with van der Waals surface area (Å²) in [5.74, 6) is 0.513. The standard InChI is InChI=1S/C19H17ClN4O3S/c1-26-17-12-13(2-8-16(17)27-11-10-21)3-9-18(25)23-24-19(28)22-15-6-4-14(20)5-7-15/h2-9,12H,11H2,1H3,(H,23,25)(H2,22,24,28)/b9-3+. The van der Waals surface area contributed by atoms with Crippen LogP contribution >= 0.6 is 23.8 Å². The normalized spacial score (nSPS) is 10.0. The third-order valence-electron chi connectivity index (χ3n) is 3.31. The highest BCUT2D eigenvalue weighted by Gasteiger charge is 2.05. The largest absolute Gasteiger partial charge is 0.493 e. The van der Waals surface area contributed by atoms with Crippen LogP contribution in [0, 0.1) is 11.3 Å². The minimum absolute atomic E-state index is 0.0798. The summed E-state index contributed by atoms with van der Waals surface area (Å²) in [5, 5.41) is 12.3. The van der Waals surface area contributed by atoms with Gasteiger partial charge in [0.15, 0.2) is 23.2 Å². The lowest BCUT2D eigenvalue weighted by Gasteiger charge is -2.10. The van der Waals surface area contributed by atoms with Crippen LogP contribution in [-0.4, -0.2) is 24.7 Å². The number of thiocarbonyl (C=S) groups is 1. The first-order chi connectivity index (χ1) is 13.5. The molecule has 7 nitrogen and oxygen atoms in total. The van der Waals surface area contributed by atoms with Gasteiger partial charge in [-0.25, -0.2) is 0 Å². The Hall–Kier alpha value is -3.28. The number of ether oxygens (including phenoxy) is 2. The molecule has 0 fully saturated rings. The second kappa shape index (κ2) is 10.8. The van der Waals surface area contributed by atoms with E-state index in [1.807, 2.05) is 6.07 Å². The number of carbonyl (C=O) groups excluding carboxylic acids is 1. The first kappa shape index (κ1) is 21.0. The highest BCUT2D eigenvalue weighted by molar-refractivity contribution is 7.80. The van der Waals surface area contributed by atoms with Crippen molar-refractivity contribution >= 4 is 46.6 Å². The number of nitrogens with one attached hydrogen (secondary N) is 3. The number of benzene rings is 2. The molecule has 144 valence electrons. The molecular formula is C19H17ClN4O3S. The Labute approximate surface area is 172 Å². The van der Waals surface area contributed by atoms with Crippen LogP contribution in [0.3, 0.4) is 0 Å². The molecule has 2 rings (SSSR count).